The summed E-state index contributed by atoms with van der Waals surface area (Å²) in [5.74, 6) is -0.624. The molecular weight excluding hydrogens is 294 g/mol. The van der Waals surface area contributed by atoms with Crippen molar-refractivity contribution in [1.29, 1.82) is 0 Å². The molecule has 6 heteroatoms. The fourth-order valence-electron chi connectivity index (χ4n) is 1.93. The molecule has 0 heterocycles. The van der Waals surface area contributed by atoms with E-state index in [9.17, 15) is 14.9 Å². The van der Waals surface area contributed by atoms with Gasteiger partial charge in [0.1, 0.15) is 5.56 Å². The molecule has 0 saturated heterocycles. The lowest BCUT2D eigenvalue weighted by Gasteiger charge is -2.01. The summed E-state index contributed by atoms with van der Waals surface area (Å²) >= 11 is 0. The van der Waals surface area contributed by atoms with Crippen LogP contribution >= 0.6 is 0 Å². The van der Waals surface area contributed by atoms with Gasteiger partial charge in [-0.2, -0.15) is 5.10 Å². The first-order chi connectivity index (χ1) is 11.1. The van der Waals surface area contributed by atoms with E-state index in [0.29, 0.717) is 0 Å². The molecule has 0 fully saturated rings. The molecule has 2 aromatic carbocycles. The maximum Gasteiger partial charge on any atom is 0.282 e. The van der Waals surface area contributed by atoms with Gasteiger partial charge in [0.25, 0.3) is 11.6 Å². The Morgan fingerprint density at radius 2 is 1.78 bits per heavy atom. The SMILES string of the molecule is CC(C=NNC(=O)c1ccccc1[N+](=O)[O-])=Cc1ccccc1. The van der Waals surface area contributed by atoms with Crippen LogP contribution in [0.25, 0.3) is 6.08 Å². The van der Waals surface area contributed by atoms with Gasteiger partial charge in [0, 0.05) is 6.07 Å². The molecule has 1 N–H and O–H groups in total. The lowest BCUT2D eigenvalue weighted by atomic mass is 10.1. The van der Waals surface area contributed by atoms with Crippen LogP contribution < -0.4 is 5.43 Å². The van der Waals surface area contributed by atoms with Crippen molar-refractivity contribution in [2.75, 3.05) is 0 Å². The number of allylic oxidation sites excluding steroid dienone is 1. The lowest BCUT2D eigenvalue weighted by molar-refractivity contribution is -0.385. The molecule has 0 radical (unpaired) electrons. The molecule has 1 amide bonds. The Morgan fingerprint density at radius 1 is 1.13 bits per heavy atom. The number of nitro benzene ring substituents is 1. The molecule has 0 aliphatic rings. The number of carbonyl (C=O) groups is 1. The van der Waals surface area contributed by atoms with Gasteiger partial charge in [-0.3, -0.25) is 14.9 Å². The van der Waals surface area contributed by atoms with Gasteiger partial charge in [0.05, 0.1) is 11.1 Å². The molecule has 0 unspecified atom stereocenters. The molecule has 0 bridgehead atoms. The van der Waals surface area contributed by atoms with Crippen molar-refractivity contribution in [3.05, 3.63) is 81.4 Å². The standard InChI is InChI=1S/C17H15N3O3/c1-13(11-14-7-3-2-4-8-14)12-18-19-17(21)15-9-5-6-10-16(15)20(22)23/h2-12H,1H3,(H,19,21). The van der Waals surface area contributed by atoms with E-state index in [1.54, 1.807) is 6.07 Å². The predicted octanol–water partition coefficient (Wildman–Crippen LogP) is 3.41. The van der Waals surface area contributed by atoms with E-state index < -0.39 is 10.8 Å². The number of carbonyl (C=O) groups excluding carboxylic acids is 1. The summed E-state index contributed by atoms with van der Waals surface area (Å²) in [6.07, 6.45) is 3.39. The van der Waals surface area contributed by atoms with Crippen molar-refractivity contribution in [2.45, 2.75) is 6.92 Å². The van der Waals surface area contributed by atoms with Gasteiger partial charge in [-0.1, -0.05) is 48.5 Å². The molecule has 23 heavy (non-hydrogen) atoms. The minimum atomic E-state index is -0.624. The number of nitrogens with zero attached hydrogens (tertiary/aromatic N) is 2. The number of rotatable bonds is 5. The van der Waals surface area contributed by atoms with E-state index in [1.807, 2.05) is 43.3 Å². The van der Waals surface area contributed by atoms with Gasteiger partial charge in [0.2, 0.25) is 0 Å². The third kappa shape index (κ3) is 4.60. The van der Waals surface area contributed by atoms with Gasteiger partial charge < -0.3 is 0 Å². The number of nitro groups is 1. The van der Waals surface area contributed by atoms with Crippen LogP contribution in [0, 0.1) is 10.1 Å². The highest BCUT2D eigenvalue weighted by Gasteiger charge is 2.18. The van der Waals surface area contributed by atoms with E-state index >= 15 is 0 Å². The van der Waals surface area contributed by atoms with Crippen molar-refractivity contribution in [2.24, 2.45) is 5.10 Å². The molecule has 0 spiro atoms. The number of amides is 1. The summed E-state index contributed by atoms with van der Waals surface area (Å²) in [6.45, 7) is 1.84. The summed E-state index contributed by atoms with van der Waals surface area (Å²) in [5, 5.41) is 14.7. The fourth-order valence-corrected chi connectivity index (χ4v) is 1.93. The number of nitrogens with one attached hydrogen (secondary N) is 1. The molecule has 0 aliphatic carbocycles. The first-order valence-corrected chi connectivity index (χ1v) is 6.88. The molecule has 0 saturated carbocycles. The van der Waals surface area contributed by atoms with Crippen LogP contribution in [0.3, 0.4) is 0 Å². The first-order valence-electron chi connectivity index (χ1n) is 6.88. The Kier molecular flexibility index (Phi) is 5.35. The van der Waals surface area contributed by atoms with Crippen molar-refractivity contribution in [1.82, 2.24) is 5.43 Å². The highest BCUT2D eigenvalue weighted by molar-refractivity contribution is 5.98. The Bertz CT molecular complexity index is 768. The second-order valence-electron chi connectivity index (χ2n) is 4.77. The highest BCUT2D eigenvalue weighted by atomic mass is 16.6. The van der Waals surface area contributed by atoms with Crippen molar-refractivity contribution < 1.29 is 9.72 Å². The van der Waals surface area contributed by atoms with Crippen LogP contribution in [0.15, 0.2) is 65.3 Å². The number of para-hydroxylation sites is 1. The molecule has 6 nitrogen and oxygen atoms in total. The van der Waals surface area contributed by atoms with Gasteiger partial charge in [0.15, 0.2) is 0 Å². The third-order valence-electron chi connectivity index (χ3n) is 2.97. The van der Waals surface area contributed by atoms with Crippen LogP contribution in [-0.2, 0) is 0 Å². The monoisotopic (exact) mass is 309 g/mol. The second kappa shape index (κ2) is 7.65. The van der Waals surface area contributed by atoms with Crippen LogP contribution in [0.4, 0.5) is 5.69 Å². The predicted molar refractivity (Wildman–Crippen MR) is 89.1 cm³/mol. The Balaban J connectivity index is 2.05. The molecule has 116 valence electrons. The van der Waals surface area contributed by atoms with Crippen molar-refractivity contribution >= 4 is 23.9 Å². The van der Waals surface area contributed by atoms with E-state index in [-0.39, 0.29) is 11.3 Å². The first kappa shape index (κ1) is 16.1. The zero-order valence-corrected chi connectivity index (χ0v) is 12.5. The Labute approximate surface area is 133 Å². The minimum Gasteiger partial charge on any atom is -0.267 e. The van der Waals surface area contributed by atoms with Gasteiger partial charge >= 0.3 is 0 Å². The van der Waals surface area contributed by atoms with Crippen molar-refractivity contribution in [3.63, 3.8) is 0 Å². The Morgan fingerprint density at radius 3 is 2.48 bits per heavy atom. The highest BCUT2D eigenvalue weighted by Crippen LogP contribution is 2.17. The summed E-state index contributed by atoms with van der Waals surface area (Å²) in [6, 6.07) is 15.4. The third-order valence-corrected chi connectivity index (χ3v) is 2.97. The number of benzene rings is 2. The summed E-state index contributed by atoms with van der Waals surface area (Å²) in [4.78, 5) is 22.3. The summed E-state index contributed by atoms with van der Waals surface area (Å²) in [5.41, 5.74) is 3.86. The number of hydrazone groups is 1. The molecule has 0 atom stereocenters. The van der Waals surface area contributed by atoms with E-state index in [0.717, 1.165) is 11.1 Å². The number of hydrogen-bond donors (Lipinski definition) is 1. The quantitative estimate of drug-likeness (QED) is 0.522. The lowest BCUT2D eigenvalue weighted by Crippen LogP contribution is -2.18. The van der Waals surface area contributed by atoms with E-state index in [2.05, 4.69) is 10.5 Å². The fraction of sp³-hybridized carbons (Fsp3) is 0.0588. The minimum absolute atomic E-state index is 0.0284. The second-order valence-corrected chi connectivity index (χ2v) is 4.77. The van der Waals surface area contributed by atoms with Crippen molar-refractivity contribution in [3.8, 4) is 0 Å². The van der Waals surface area contributed by atoms with E-state index in [4.69, 9.17) is 0 Å². The zero-order chi connectivity index (χ0) is 16.7. The molecule has 0 aromatic heterocycles. The normalized spacial score (nSPS) is 11.4. The number of hydrogen-bond acceptors (Lipinski definition) is 4. The molecule has 2 aromatic rings. The Hall–Kier alpha value is -3.28. The zero-order valence-electron chi connectivity index (χ0n) is 12.5. The van der Waals surface area contributed by atoms with Crippen LogP contribution in [0.2, 0.25) is 0 Å². The maximum atomic E-state index is 12.0. The summed E-state index contributed by atoms with van der Waals surface area (Å²) in [7, 11) is 0. The molecule has 0 aliphatic heterocycles. The topological polar surface area (TPSA) is 84.6 Å². The molecular formula is C17H15N3O3. The van der Waals surface area contributed by atoms with Gasteiger partial charge in [-0.15, -0.1) is 0 Å². The van der Waals surface area contributed by atoms with Gasteiger partial charge in [-0.05, 0) is 24.1 Å². The smallest absolute Gasteiger partial charge is 0.267 e. The van der Waals surface area contributed by atoms with Crippen LogP contribution in [0.5, 0.6) is 0 Å². The van der Waals surface area contributed by atoms with Crippen LogP contribution in [0.1, 0.15) is 22.8 Å². The maximum absolute atomic E-state index is 12.0. The summed E-state index contributed by atoms with van der Waals surface area (Å²) < 4.78 is 0. The van der Waals surface area contributed by atoms with E-state index in [1.165, 1.54) is 24.4 Å². The van der Waals surface area contributed by atoms with Crippen LogP contribution in [-0.4, -0.2) is 17.0 Å². The largest absolute Gasteiger partial charge is 0.282 e. The van der Waals surface area contributed by atoms with Gasteiger partial charge in [-0.25, -0.2) is 5.43 Å². The average molecular weight is 309 g/mol. The molecule has 2 rings (SSSR count). The average Bonchev–Trinajstić information content (AvgIpc) is 2.55.